The molecule has 0 spiro atoms. The van der Waals surface area contributed by atoms with E-state index in [-0.39, 0.29) is 36.8 Å². The summed E-state index contributed by atoms with van der Waals surface area (Å²) in [7, 11) is 0. The Balaban J connectivity index is 1.26. The molecule has 1 fully saturated rings. The largest absolute Gasteiger partial charge is 0.480 e. The Kier molecular flexibility index (Phi) is 7.15. The first-order chi connectivity index (χ1) is 16.6. The molecule has 7 nitrogen and oxygen atoms in total. The van der Waals surface area contributed by atoms with E-state index in [0.717, 1.165) is 12.8 Å². The Morgan fingerprint density at radius 1 is 1.00 bits per heavy atom. The number of ether oxygens (including phenoxy) is 1. The van der Waals surface area contributed by atoms with Gasteiger partial charge in [0.15, 0.2) is 0 Å². The fourth-order valence-electron chi connectivity index (χ4n) is 5.33. The van der Waals surface area contributed by atoms with Gasteiger partial charge < -0.3 is 20.5 Å². The fraction of sp³-hybridized carbons (Fsp3) is 0.464. The van der Waals surface area contributed by atoms with Crippen LogP contribution in [-0.4, -0.2) is 41.8 Å². The zero-order valence-corrected chi connectivity index (χ0v) is 20.5. The molecule has 2 aromatic rings. The van der Waals surface area contributed by atoms with Crippen LogP contribution in [-0.2, 0) is 14.3 Å². The van der Waals surface area contributed by atoms with Crippen molar-refractivity contribution in [3.05, 3.63) is 59.7 Å². The molecule has 35 heavy (non-hydrogen) atoms. The number of carbonyl (C=O) groups excluding carboxylic acids is 2. The van der Waals surface area contributed by atoms with Crippen molar-refractivity contribution in [3.8, 4) is 11.1 Å². The number of benzene rings is 2. The van der Waals surface area contributed by atoms with Crippen molar-refractivity contribution < 1.29 is 24.2 Å². The highest BCUT2D eigenvalue weighted by atomic mass is 16.5. The number of carbonyl (C=O) groups is 3. The molecule has 0 bridgehead atoms. The van der Waals surface area contributed by atoms with Crippen LogP contribution in [0.3, 0.4) is 0 Å². The van der Waals surface area contributed by atoms with Gasteiger partial charge in [-0.1, -0.05) is 69.3 Å². The monoisotopic (exact) mass is 478 g/mol. The Bertz CT molecular complexity index is 1060. The van der Waals surface area contributed by atoms with Crippen LogP contribution in [0.25, 0.3) is 11.1 Å². The van der Waals surface area contributed by atoms with Gasteiger partial charge in [-0.2, -0.15) is 0 Å². The molecule has 1 saturated carbocycles. The molecule has 2 aliphatic carbocycles. The highest BCUT2D eigenvalue weighted by molar-refractivity contribution is 5.84. The first-order valence-electron chi connectivity index (χ1n) is 12.3. The minimum atomic E-state index is -1.04. The maximum Gasteiger partial charge on any atom is 0.407 e. The molecule has 0 aromatic heterocycles. The summed E-state index contributed by atoms with van der Waals surface area (Å²) in [6, 6.07) is 15.4. The maximum atomic E-state index is 12.6. The average molecular weight is 479 g/mol. The molecule has 0 aliphatic heterocycles. The zero-order chi connectivity index (χ0) is 25.2. The summed E-state index contributed by atoms with van der Waals surface area (Å²) in [5.41, 5.74) is 4.13. The van der Waals surface area contributed by atoms with Crippen LogP contribution in [0, 0.1) is 11.3 Å². The van der Waals surface area contributed by atoms with Gasteiger partial charge in [-0.05, 0) is 52.8 Å². The van der Waals surface area contributed by atoms with Crippen LogP contribution < -0.4 is 10.6 Å². The van der Waals surface area contributed by atoms with Crippen molar-refractivity contribution >= 4 is 18.0 Å². The summed E-state index contributed by atoms with van der Waals surface area (Å²) >= 11 is 0. The number of hydrogen-bond acceptors (Lipinski definition) is 4. The Morgan fingerprint density at radius 3 is 2.17 bits per heavy atom. The number of carboxylic acid groups (broad SMARTS) is 1. The van der Waals surface area contributed by atoms with E-state index < -0.39 is 23.5 Å². The summed E-state index contributed by atoms with van der Waals surface area (Å²) in [5, 5.41) is 15.0. The molecule has 2 amide bonds. The summed E-state index contributed by atoms with van der Waals surface area (Å²) < 4.78 is 5.64. The first-order valence-corrected chi connectivity index (χ1v) is 12.3. The second kappa shape index (κ2) is 10.1. The molecule has 7 heteroatoms. The van der Waals surface area contributed by atoms with Crippen LogP contribution in [0.4, 0.5) is 4.79 Å². The van der Waals surface area contributed by atoms with E-state index in [0.29, 0.717) is 6.42 Å². The van der Waals surface area contributed by atoms with Gasteiger partial charge in [0, 0.05) is 18.4 Å². The Hall–Kier alpha value is -3.35. The quantitative estimate of drug-likeness (QED) is 0.535. The van der Waals surface area contributed by atoms with Crippen LogP contribution in [0.2, 0.25) is 0 Å². The van der Waals surface area contributed by atoms with Gasteiger partial charge in [-0.25, -0.2) is 9.59 Å². The molecular weight excluding hydrogens is 444 g/mol. The van der Waals surface area contributed by atoms with Gasteiger partial charge in [-0.3, -0.25) is 4.79 Å². The van der Waals surface area contributed by atoms with Crippen molar-refractivity contribution in [2.24, 2.45) is 11.3 Å². The lowest BCUT2D eigenvalue weighted by Gasteiger charge is -2.28. The number of carboxylic acids is 1. The summed E-state index contributed by atoms with van der Waals surface area (Å²) in [6.45, 7) is 5.63. The van der Waals surface area contributed by atoms with Gasteiger partial charge in [0.1, 0.15) is 12.6 Å². The van der Waals surface area contributed by atoms with Gasteiger partial charge in [-0.15, -0.1) is 0 Å². The van der Waals surface area contributed by atoms with Crippen LogP contribution >= 0.6 is 0 Å². The van der Waals surface area contributed by atoms with Crippen molar-refractivity contribution in [1.82, 2.24) is 10.6 Å². The molecule has 2 aliphatic rings. The van der Waals surface area contributed by atoms with E-state index in [1.54, 1.807) is 20.8 Å². The SMILES string of the molecule is CC(C)(C)C(NC(=O)C[C@H]1CC[C@@H](NC(=O)OCC2c3ccccc3-c3ccccc32)C1)C(=O)O. The summed E-state index contributed by atoms with van der Waals surface area (Å²) in [4.78, 5) is 36.5. The predicted octanol–water partition coefficient (Wildman–Crippen LogP) is 4.70. The van der Waals surface area contributed by atoms with Gasteiger partial charge >= 0.3 is 12.1 Å². The van der Waals surface area contributed by atoms with Crippen molar-refractivity contribution in [2.75, 3.05) is 6.61 Å². The normalized spacial score (nSPS) is 20.0. The number of hydrogen-bond donors (Lipinski definition) is 3. The lowest BCUT2D eigenvalue weighted by molar-refractivity contribution is -0.145. The molecule has 3 N–H and O–H groups in total. The smallest absolute Gasteiger partial charge is 0.407 e. The van der Waals surface area contributed by atoms with E-state index in [2.05, 4.69) is 34.9 Å². The Labute approximate surface area is 206 Å². The molecule has 2 aromatic carbocycles. The van der Waals surface area contributed by atoms with Crippen LogP contribution in [0.15, 0.2) is 48.5 Å². The molecule has 186 valence electrons. The summed E-state index contributed by atoms with van der Waals surface area (Å²) in [6.07, 6.45) is 2.05. The first kappa shape index (κ1) is 24.8. The highest BCUT2D eigenvalue weighted by Gasteiger charge is 2.35. The van der Waals surface area contributed by atoms with Crippen LogP contribution in [0.5, 0.6) is 0 Å². The third-order valence-electron chi connectivity index (χ3n) is 7.10. The second-order valence-electron chi connectivity index (χ2n) is 10.8. The van der Waals surface area contributed by atoms with Gasteiger partial charge in [0.25, 0.3) is 0 Å². The molecular formula is C28H34N2O5. The Morgan fingerprint density at radius 2 is 1.60 bits per heavy atom. The molecule has 1 unspecified atom stereocenters. The second-order valence-corrected chi connectivity index (χ2v) is 10.8. The third kappa shape index (κ3) is 5.66. The van der Waals surface area contributed by atoms with E-state index in [1.807, 2.05) is 24.3 Å². The summed E-state index contributed by atoms with van der Waals surface area (Å²) in [5.74, 6) is -1.19. The molecule has 0 heterocycles. The van der Waals surface area contributed by atoms with Crippen molar-refractivity contribution in [2.45, 2.75) is 64.5 Å². The minimum absolute atomic E-state index is 0.0122. The topological polar surface area (TPSA) is 105 Å². The predicted molar refractivity (Wildman–Crippen MR) is 133 cm³/mol. The fourth-order valence-corrected chi connectivity index (χ4v) is 5.33. The number of nitrogens with one attached hydrogen (secondary N) is 2. The average Bonchev–Trinajstić information content (AvgIpc) is 3.37. The molecule has 0 saturated heterocycles. The molecule has 0 radical (unpaired) electrons. The minimum Gasteiger partial charge on any atom is -0.480 e. The van der Waals surface area contributed by atoms with Crippen molar-refractivity contribution in [3.63, 3.8) is 0 Å². The lowest BCUT2D eigenvalue weighted by atomic mass is 9.86. The number of fused-ring (bicyclic) bond motifs is 3. The number of amides is 2. The highest BCUT2D eigenvalue weighted by Crippen LogP contribution is 2.44. The molecule has 3 atom stereocenters. The maximum absolute atomic E-state index is 12.6. The van der Waals surface area contributed by atoms with Crippen molar-refractivity contribution in [1.29, 1.82) is 0 Å². The van der Waals surface area contributed by atoms with E-state index in [4.69, 9.17) is 4.74 Å². The van der Waals surface area contributed by atoms with Gasteiger partial charge in [0.2, 0.25) is 5.91 Å². The van der Waals surface area contributed by atoms with E-state index in [1.165, 1.54) is 22.3 Å². The number of rotatable bonds is 7. The molecule has 4 rings (SSSR count). The lowest BCUT2D eigenvalue weighted by Crippen LogP contribution is -2.49. The number of aliphatic carboxylic acids is 1. The van der Waals surface area contributed by atoms with E-state index >= 15 is 0 Å². The van der Waals surface area contributed by atoms with Crippen LogP contribution in [0.1, 0.15) is 63.5 Å². The zero-order valence-electron chi connectivity index (χ0n) is 20.5. The van der Waals surface area contributed by atoms with E-state index in [9.17, 15) is 19.5 Å². The van der Waals surface area contributed by atoms with Gasteiger partial charge in [0.05, 0.1) is 0 Å². The number of alkyl carbamates (subject to hydrolysis) is 1. The third-order valence-corrected chi connectivity index (χ3v) is 7.10. The standard InChI is InChI=1S/C28H34N2O5/c1-28(2,3)25(26(32)33)30-24(31)15-17-12-13-18(14-17)29-27(34)35-16-23-21-10-6-4-8-19(21)20-9-5-7-11-22(20)23/h4-11,17-18,23,25H,12-16H2,1-3H3,(H,29,34)(H,30,31)(H,32,33)/t17-,18+,25?/m0/s1.